The van der Waals surface area contributed by atoms with Crippen molar-refractivity contribution in [3.8, 4) is 0 Å². The maximum Gasteiger partial charge on any atom is 0.321 e. The number of nitrogens with one attached hydrogen (secondary N) is 2. The molecule has 0 aliphatic heterocycles. The number of urea groups is 1. The van der Waals surface area contributed by atoms with Gasteiger partial charge in [-0.3, -0.25) is 10.3 Å². The number of carbonyl (C=O) groups excluding carboxylic acids is 1. The Morgan fingerprint density at radius 1 is 1.14 bits per heavy atom. The molecule has 0 saturated carbocycles. The average Bonchev–Trinajstić information content (AvgIpc) is 2.53. The Morgan fingerprint density at radius 2 is 1.76 bits per heavy atom. The van der Waals surface area contributed by atoms with Gasteiger partial charge in [0.05, 0.1) is 0 Å². The zero-order valence-corrected chi connectivity index (χ0v) is 11.8. The van der Waals surface area contributed by atoms with E-state index in [4.69, 9.17) is 11.1 Å². The Hall–Kier alpha value is -2.82. The van der Waals surface area contributed by atoms with Gasteiger partial charge in [-0.1, -0.05) is 30.3 Å². The van der Waals surface area contributed by atoms with Crippen LogP contribution in [0.25, 0.3) is 0 Å². The number of amidine groups is 1. The van der Waals surface area contributed by atoms with Crippen LogP contribution in [0, 0.1) is 5.41 Å². The summed E-state index contributed by atoms with van der Waals surface area (Å²) in [6, 6.07) is 16.5. The quantitative estimate of drug-likeness (QED) is 0.594. The molecule has 5 nitrogen and oxygen atoms in total. The maximum absolute atomic E-state index is 12.1. The lowest BCUT2D eigenvalue weighted by molar-refractivity contribution is 0.247. The first kappa shape index (κ1) is 14.6. The van der Waals surface area contributed by atoms with Gasteiger partial charge in [0, 0.05) is 24.8 Å². The molecule has 0 heterocycles. The zero-order chi connectivity index (χ0) is 15.2. The Morgan fingerprint density at radius 3 is 2.33 bits per heavy atom. The van der Waals surface area contributed by atoms with E-state index in [1.54, 1.807) is 31.3 Å². The van der Waals surface area contributed by atoms with Crippen LogP contribution in [0.15, 0.2) is 54.6 Å². The molecule has 0 saturated heterocycles. The van der Waals surface area contributed by atoms with Crippen LogP contribution in [-0.2, 0) is 6.54 Å². The monoisotopic (exact) mass is 282 g/mol. The SMILES string of the molecule is CN(C(=O)NCc1ccccc1)c1ccc(C(=N)N)cc1. The number of hydrogen-bond donors (Lipinski definition) is 3. The highest BCUT2D eigenvalue weighted by molar-refractivity contribution is 5.96. The standard InChI is InChI=1S/C16H18N4O/c1-20(14-9-7-13(8-10-14)15(17)18)16(21)19-11-12-5-3-2-4-6-12/h2-10H,11H2,1H3,(H3,17,18)(H,19,21). The number of nitrogen functional groups attached to an aromatic ring is 1. The van der Waals surface area contributed by atoms with Crippen molar-refractivity contribution < 1.29 is 4.79 Å². The fraction of sp³-hybridized carbons (Fsp3) is 0.125. The summed E-state index contributed by atoms with van der Waals surface area (Å²) in [5, 5.41) is 10.2. The molecule has 0 atom stereocenters. The van der Waals surface area contributed by atoms with Crippen LogP contribution in [0.2, 0.25) is 0 Å². The molecule has 0 aliphatic carbocycles. The molecular formula is C16H18N4O. The summed E-state index contributed by atoms with van der Waals surface area (Å²) < 4.78 is 0. The summed E-state index contributed by atoms with van der Waals surface area (Å²) in [5.74, 6) is 0.0118. The van der Waals surface area contributed by atoms with Gasteiger partial charge in [-0.05, 0) is 29.8 Å². The van der Waals surface area contributed by atoms with E-state index >= 15 is 0 Å². The van der Waals surface area contributed by atoms with Gasteiger partial charge in [0.2, 0.25) is 0 Å². The molecule has 2 aromatic carbocycles. The van der Waals surface area contributed by atoms with Crippen molar-refractivity contribution in [1.82, 2.24) is 5.32 Å². The third kappa shape index (κ3) is 3.82. The van der Waals surface area contributed by atoms with Gasteiger partial charge in [-0.15, -0.1) is 0 Å². The number of amides is 2. The van der Waals surface area contributed by atoms with Gasteiger partial charge in [0.15, 0.2) is 0 Å². The topological polar surface area (TPSA) is 82.2 Å². The Bertz CT molecular complexity index is 622. The van der Waals surface area contributed by atoms with Crippen molar-refractivity contribution in [2.24, 2.45) is 5.73 Å². The van der Waals surface area contributed by atoms with Crippen molar-refractivity contribution in [3.05, 3.63) is 65.7 Å². The second-order valence-electron chi connectivity index (χ2n) is 4.66. The smallest absolute Gasteiger partial charge is 0.321 e. The molecule has 21 heavy (non-hydrogen) atoms. The molecule has 0 spiro atoms. The number of nitrogens with zero attached hydrogens (tertiary/aromatic N) is 1. The molecule has 0 aromatic heterocycles. The van der Waals surface area contributed by atoms with E-state index in [1.165, 1.54) is 4.90 Å². The molecule has 0 unspecified atom stereocenters. The highest BCUT2D eigenvalue weighted by Gasteiger charge is 2.10. The lowest BCUT2D eigenvalue weighted by Crippen LogP contribution is -2.36. The third-order valence-electron chi connectivity index (χ3n) is 3.16. The average molecular weight is 282 g/mol. The number of hydrogen-bond acceptors (Lipinski definition) is 2. The Labute approximate surface area is 123 Å². The fourth-order valence-electron chi connectivity index (χ4n) is 1.87. The fourth-order valence-corrected chi connectivity index (χ4v) is 1.87. The van der Waals surface area contributed by atoms with Gasteiger partial charge in [0.1, 0.15) is 5.84 Å². The maximum atomic E-state index is 12.1. The van der Waals surface area contributed by atoms with Crippen LogP contribution in [0.5, 0.6) is 0 Å². The van der Waals surface area contributed by atoms with Crippen molar-refractivity contribution in [3.63, 3.8) is 0 Å². The van der Waals surface area contributed by atoms with Gasteiger partial charge >= 0.3 is 6.03 Å². The molecular weight excluding hydrogens is 264 g/mol. The third-order valence-corrected chi connectivity index (χ3v) is 3.16. The molecule has 5 heteroatoms. The van der Waals surface area contributed by atoms with E-state index < -0.39 is 0 Å². The Balaban J connectivity index is 1.97. The molecule has 0 aliphatic rings. The van der Waals surface area contributed by atoms with Crippen LogP contribution in [-0.4, -0.2) is 18.9 Å². The van der Waals surface area contributed by atoms with Crippen LogP contribution < -0.4 is 16.0 Å². The van der Waals surface area contributed by atoms with Crippen LogP contribution in [0.1, 0.15) is 11.1 Å². The molecule has 0 bridgehead atoms. The minimum atomic E-state index is -0.186. The van der Waals surface area contributed by atoms with Crippen molar-refractivity contribution in [2.75, 3.05) is 11.9 Å². The molecule has 2 aromatic rings. The number of benzene rings is 2. The molecule has 2 amide bonds. The number of carbonyl (C=O) groups is 1. The van der Waals surface area contributed by atoms with E-state index in [9.17, 15) is 4.79 Å². The summed E-state index contributed by atoms with van der Waals surface area (Å²) in [6.45, 7) is 0.482. The lowest BCUT2D eigenvalue weighted by Gasteiger charge is -2.18. The van der Waals surface area contributed by atoms with Crippen LogP contribution in [0.3, 0.4) is 0 Å². The second kappa shape index (κ2) is 6.56. The van der Waals surface area contributed by atoms with Crippen LogP contribution in [0.4, 0.5) is 10.5 Å². The van der Waals surface area contributed by atoms with Crippen LogP contribution >= 0.6 is 0 Å². The molecule has 2 rings (SSSR count). The predicted molar refractivity (Wildman–Crippen MR) is 84.5 cm³/mol. The van der Waals surface area contributed by atoms with E-state index in [2.05, 4.69) is 5.32 Å². The summed E-state index contributed by atoms with van der Waals surface area (Å²) in [6.07, 6.45) is 0. The highest BCUT2D eigenvalue weighted by atomic mass is 16.2. The first-order chi connectivity index (χ1) is 10.1. The molecule has 0 radical (unpaired) electrons. The molecule has 108 valence electrons. The Kier molecular flexibility index (Phi) is 4.56. The van der Waals surface area contributed by atoms with E-state index in [1.807, 2.05) is 30.3 Å². The first-order valence-electron chi connectivity index (χ1n) is 6.58. The van der Waals surface area contributed by atoms with Gasteiger partial charge < -0.3 is 11.1 Å². The minimum absolute atomic E-state index is 0.0118. The van der Waals surface area contributed by atoms with E-state index in [-0.39, 0.29) is 11.9 Å². The van der Waals surface area contributed by atoms with Crippen molar-refractivity contribution in [1.29, 1.82) is 5.41 Å². The summed E-state index contributed by atoms with van der Waals surface area (Å²) in [4.78, 5) is 13.6. The van der Waals surface area contributed by atoms with Gasteiger partial charge in [-0.25, -0.2) is 4.79 Å². The lowest BCUT2D eigenvalue weighted by atomic mass is 10.2. The van der Waals surface area contributed by atoms with Gasteiger partial charge in [0.25, 0.3) is 0 Å². The zero-order valence-electron chi connectivity index (χ0n) is 11.8. The number of rotatable bonds is 4. The van der Waals surface area contributed by atoms with Crippen molar-refractivity contribution >= 4 is 17.6 Å². The van der Waals surface area contributed by atoms with Gasteiger partial charge in [-0.2, -0.15) is 0 Å². The summed E-state index contributed by atoms with van der Waals surface area (Å²) in [5.41, 5.74) is 7.83. The number of anilines is 1. The van der Waals surface area contributed by atoms with Crippen molar-refractivity contribution in [2.45, 2.75) is 6.54 Å². The molecule has 0 fully saturated rings. The minimum Gasteiger partial charge on any atom is -0.384 e. The number of nitrogens with two attached hydrogens (primary N) is 1. The summed E-state index contributed by atoms with van der Waals surface area (Å²) >= 11 is 0. The predicted octanol–water partition coefficient (Wildman–Crippen LogP) is 2.32. The summed E-state index contributed by atoms with van der Waals surface area (Å²) in [7, 11) is 1.70. The highest BCUT2D eigenvalue weighted by Crippen LogP contribution is 2.13. The normalized spacial score (nSPS) is 9.95. The van der Waals surface area contributed by atoms with E-state index in [0.717, 1.165) is 11.3 Å². The first-order valence-corrected chi connectivity index (χ1v) is 6.58. The second-order valence-corrected chi connectivity index (χ2v) is 4.66. The van der Waals surface area contributed by atoms with E-state index in [0.29, 0.717) is 12.1 Å². The molecule has 4 N–H and O–H groups in total. The largest absolute Gasteiger partial charge is 0.384 e.